The summed E-state index contributed by atoms with van der Waals surface area (Å²) < 4.78 is 66.5. The summed E-state index contributed by atoms with van der Waals surface area (Å²) in [6.45, 7) is 11.0. The molecule has 21 nitrogen and oxygen atoms in total. The predicted molar refractivity (Wildman–Crippen MR) is 301 cm³/mol. The van der Waals surface area contributed by atoms with E-state index in [1.54, 1.807) is 18.3 Å². The van der Waals surface area contributed by atoms with Gasteiger partial charge in [0.25, 0.3) is 0 Å². The van der Waals surface area contributed by atoms with Crippen LogP contribution in [0.3, 0.4) is 0 Å². The van der Waals surface area contributed by atoms with Crippen LogP contribution in [0.15, 0.2) is 54.6 Å². The topological polar surface area (TPSA) is 285 Å². The molecular formula is C54H72N4O17S4. The molecule has 434 valence electrons. The zero-order chi connectivity index (χ0) is 55.7. The second-order valence-corrected chi connectivity index (χ2v) is 23.1. The van der Waals surface area contributed by atoms with Crippen LogP contribution in [-0.4, -0.2) is 225 Å². The van der Waals surface area contributed by atoms with Gasteiger partial charge in [-0.15, -0.1) is 34.9 Å². The number of hydrogen-bond donors (Lipinski definition) is 7. The van der Waals surface area contributed by atoms with Crippen molar-refractivity contribution in [3.8, 4) is 27.4 Å². The second kappa shape index (κ2) is 31.3. The fourth-order valence-corrected chi connectivity index (χ4v) is 12.5. The Morgan fingerprint density at radius 3 is 1.81 bits per heavy atom. The van der Waals surface area contributed by atoms with E-state index in [2.05, 4.69) is 31.2 Å². The van der Waals surface area contributed by atoms with Crippen molar-refractivity contribution in [2.75, 3.05) is 111 Å². The van der Waals surface area contributed by atoms with E-state index in [0.29, 0.717) is 116 Å². The zero-order valence-electron chi connectivity index (χ0n) is 44.4. The average molecular weight is 1180 g/mol. The smallest absolute Gasteiger partial charge is 0.185 e. The number of thiophene rings is 1. The lowest BCUT2D eigenvalue weighted by Gasteiger charge is -2.40. The summed E-state index contributed by atoms with van der Waals surface area (Å²) in [4.78, 5) is 13.1. The van der Waals surface area contributed by atoms with Gasteiger partial charge in [0.15, 0.2) is 6.29 Å². The van der Waals surface area contributed by atoms with Gasteiger partial charge in [0.05, 0.1) is 139 Å². The Morgan fingerprint density at radius 2 is 1.20 bits per heavy atom. The van der Waals surface area contributed by atoms with E-state index in [-0.39, 0.29) is 12.7 Å². The Bertz CT molecular complexity index is 2720. The normalized spacial score (nSPS) is 25.4. The maximum atomic E-state index is 10.4. The third kappa shape index (κ3) is 16.7. The third-order valence-electron chi connectivity index (χ3n) is 13.4. The molecule has 11 atom stereocenters. The van der Waals surface area contributed by atoms with Crippen molar-refractivity contribution in [2.45, 2.75) is 87.1 Å². The highest BCUT2D eigenvalue weighted by Crippen LogP contribution is 2.42. The van der Waals surface area contributed by atoms with Crippen LogP contribution in [0.2, 0.25) is 0 Å². The molecule has 11 unspecified atom stereocenters. The molecule has 1 aliphatic carbocycles. The summed E-state index contributed by atoms with van der Waals surface area (Å²) >= 11 is 5.45. The van der Waals surface area contributed by atoms with E-state index in [9.17, 15) is 35.7 Å². The van der Waals surface area contributed by atoms with E-state index in [4.69, 9.17) is 66.1 Å². The van der Waals surface area contributed by atoms with Crippen LogP contribution in [0, 0.1) is 19.8 Å². The number of aryl methyl sites for hydroxylation is 2. The number of nitrogens with zero attached hydrogens (tertiary/aromatic N) is 4. The fourth-order valence-electron chi connectivity index (χ4n) is 8.89. The minimum atomic E-state index is -1.57. The molecular weight excluding hydrogens is 1100 g/mol. The molecule has 25 heteroatoms. The lowest BCUT2D eigenvalue weighted by atomic mass is 9.92. The number of aliphatic hydroxyl groups excluding tert-OH is 7. The summed E-state index contributed by atoms with van der Waals surface area (Å²) in [5, 5.41) is 69.2. The van der Waals surface area contributed by atoms with Gasteiger partial charge in [0.1, 0.15) is 64.2 Å². The maximum absolute atomic E-state index is 10.4. The van der Waals surface area contributed by atoms with Crippen LogP contribution in [0.5, 0.6) is 5.75 Å². The van der Waals surface area contributed by atoms with Crippen molar-refractivity contribution in [3.63, 3.8) is 0 Å². The van der Waals surface area contributed by atoms with Crippen LogP contribution < -0.4 is 4.74 Å². The molecule has 0 bridgehead atoms. The van der Waals surface area contributed by atoms with Gasteiger partial charge in [-0.05, 0) is 62.2 Å². The first-order chi connectivity index (χ1) is 38.4. The molecule has 5 heterocycles. The van der Waals surface area contributed by atoms with Crippen molar-refractivity contribution in [1.29, 1.82) is 0 Å². The van der Waals surface area contributed by atoms with E-state index in [1.807, 2.05) is 37.3 Å². The first kappa shape index (κ1) is 61.7. The van der Waals surface area contributed by atoms with Crippen LogP contribution in [0.25, 0.3) is 49.3 Å². The molecule has 0 radical (unpaired) electrons. The van der Waals surface area contributed by atoms with Crippen LogP contribution in [0.4, 0.5) is 0 Å². The molecule has 0 spiro atoms. The monoisotopic (exact) mass is 1180 g/mol. The number of fused-ring (bicyclic) bond motifs is 2. The molecule has 79 heavy (non-hydrogen) atoms. The number of allylic oxidation sites excluding steroid dienone is 2. The van der Waals surface area contributed by atoms with Crippen molar-refractivity contribution in [3.05, 3.63) is 70.8 Å². The fraction of sp³-hybridized carbons (Fsp3) is 0.593. The van der Waals surface area contributed by atoms with Crippen molar-refractivity contribution >= 4 is 74.2 Å². The average Bonchev–Trinajstić information content (AvgIpc) is 4.31. The van der Waals surface area contributed by atoms with Crippen molar-refractivity contribution in [2.24, 2.45) is 5.92 Å². The van der Waals surface area contributed by atoms with E-state index in [0.717, 1.165) is 60.6 Å². The molecule has 0 amide bonds. The highest BCUT2D eigenvalue weighted by Gasteiger charge is 2.43. The van der Waals surface area contributed by atoms with Gasteiger partial charge in [-0.3, -0.25) is 0 Å². The maximum Gasteiger partial charge on any atom is 0.185 e. The summed E-state index contributed by atoms with van der Waals surface area (Å²) in [5.74, 6) is 1.30. The number of thioether (sulfide) groups is 2. The lowest BCUT2D eigenvalue weighted by Crippen LogP contribution is -2.56. The standard InChI is InChI=1S/C54H72N4O17S4/c1-31-4-13-39(78-31)40-45-41(32(2)42-46(40)58-79-57-42)55-43(34-5-9-36(10-6-34)72-24-22-68-17-15-67-19-21-71-27-29-77-54-51(64)49(62)50(63)52(65)75-54)44(56-45)35-7-11-37(12-8-35)73-25-23-69-16-14-66-18-20-70-26-28-76-53-48(61)33(3)47(60)38(30-59)74-53/h4-11,13,33,37-38,47-54,59-65H,12,14-30H2,1-3H3. The summed E-state index contributed by atoms with van der Waals surface area (Å²) in [5.41, 5.74) is 6.82. The molecule has 2 aliphatic heterocycles. The Balaban J connectivity index is 0.771. The number of aliphatic hydroxyl groups is 7. The van der Waals surface area contributed by atoms with E-state index >= 15 is 0 Å². The Labute approximate surface area is 475 Å². The van der Waals surface area contributed by atoms with E-state index < -0.39 is 59.7 Å². The Hall–Kier alpha value is -3.36. The minimum absolute atomic E-state index is 0.149. The van der Waals surface area contributed by atoms with Crippen LogP contribution in [0.1, 0.15) is 29.5 Å². The molecule has 5 aromatic rings. The highest BCUT2D eigenvalue weighted by molar-refractivity contribution is 8.00. The zero-order valence-corrected chi connectivity index (χ0v) is 47.7. The molecule has 7 N–H and O–H groups in total. The van der Waals surface area contributed by atoms with Gasteiger partial charge in [-0.2, -0.15) is 8.75 Å². The van der Waals surface area contributed by atoms with Crippen LogP contribution in [-0.2, 0) is 42.6 Å². The summed E-state index contributed by atoms with van der Waals surface area (Å²) in [6.07, 6.45) is -1.67. The molecule has 3 aromatic heterocycles. The van der Waals surface area contributed by atoms with Gasteiger partial charge >= 0.3 is 0 Å². The predicted octanol–water partition coefficient (Wildman–Crippen LogP) is 4.15. The Kier molecular flexibility index (Phi) is 24.5. The van der Waals surface area contributed by atoms with Gasteiger partial charge < -0.3 is 83.1 Å². The molecule has 2 aromatic carbocycles. The number of hydrogen-bond acceptors (Lipinski definition) is 25. The lowest BCUT2D eigenvalue weighted by molar-refractivity contribution is -0.261. The van der Waals surface area contributed by atoms with Gasteiger partial charge in [-0.25, -0.2) is 9.97 Å². The minimum Gasteiger partial charge on any atom is -0.491 e. The largest absolute Gasteiger partial charge is 0.491 e. The quantitative estimate of drug-likeness (QED) is 0.0298. The van der Waals surface area contributed by atoms with Crippen molar-refractivity contribution in [1.82, 2.24) is 18.7 Å². The van der Waals surface area contributed by atoms with Gasteiger partial charge in [0, 0.05) is 43.9 Å². The molecule has 3 aliphatic rings. The first-order valence-corrected chi connectivity index (χ1v) is 30.0. The Morgan fingerprint density at radius 1 is 0.608 bits per heavy atom. The third-order valence-corrected chi connectivity index (χ3v) is 17.1. The number of aromatic nitrogens is 4. The van der Waals surface area contributed by atoms with Crippen molar-refractivity contribution < 1.29 is 83.1 Å². The SMILES string of the molecule is Cc1ccc(-c2c3nsnc3c(C)c3nc(-c4ccc(OCCOCCOCCOCCSC5OC(O)C(O)C(O)C5O)cc4)c(C4=CCC(OCCOCCOCCOCCSC5OC(CO)C(O)C(C)C5O)C=C4)nc23)s1. The number of ether oxygens (including phenoxy) is 10. The second-order valence-electron chi connectivity index (χ2n) is 18.9. The first-order valence-electron chi connectivity index (χ1n) is 26.4. The molecule has 8 rings (SSSR count). The highest BCUT2D eigenvalue weighted by atomic mass is 32.2. The van der Waals surface area contributed by atoms with Gasteiger partial charge in [-0.1, -0.05) is 25.2 Å². The van der Waals surface area contributed by atoms with E-state index in [1.165, 1.54) is 40.1 Å². The van der Waals surface area contributed by atoms with Gasteiger partial charge in [0.2, 0.25) is 0 Å². The molecule has 2 fully saturated rings. The summed E-state index contributed by atoms with van der Waals surface area (Å²) in [6, 6.07) is 12.0. The summed E-state index contributed by atoms with van der Waals surface area (Å²) in [7, 11) is 0. The molecule has 0 saturated carbocycles. The number of benzene rings is 2. The van der Waals surface area contributed by atoms with Crippen LogP contribution >= 0.6 is 46.6 Å². The number of rotatable bonds is 32. The molecule has 2 saturated heterocycles.